The van der Waals surface area contributed by atoms with Crippen LogP contribution in [0.25, 0.3) is 0 Å². The third-order valence-electron chi connectivity index (χ3n) is 6.51. The second kappa shape index (κ2) is 11.7. The molecule has 1 atom stereocenters. The molecule has 1 aliphatic heterocycles. The minimum atomic E-state index is 0.0833. The van der Waals surface area contributed by atoms with Gasteiger partial charge in [-0.05, 0) is 55.2 Å². The van der Waals surface area contributed by atoms with E-state index in [1.165, 1.54) is 5.56 Å². The van der Waals surface area contributed by atoms with Crippen LogP contribution < -0.4 is 10.2 Å². The van der Waals surface area contributed by atoms with E-state index in [0.717, 1.165) is 68.8 Å². The minimum absolute atomic E-state index is 0.0833. The van der Waals surface area contributed by atoms with Crippen molar-refractivity contribution in [3.63, 3.8) is 0 Å². The van der Waals surface area contributed by atoms with E-state index in [4.69, 9.17) is 0 Å². The Kier molecular flexibility index (Phi) is 8.72. The lowest BCUT2D eigenvalue weighted by Crippen LogP contribution is -2.49. The van der Waals surface area contributed by atoms with Gasteiger partial charge >= 0.3 is 0 Å². The summed E-state index contributed by atoms with van der Waals surface area (Å²) in [5.41, 5.74) is 4.26. The molecule has 2 amide bonds. The predicted molar refractivity (Wildman–Crippen MR) is 132 cm³/mol. The Morgan fingerprint density at radius 3 is 2.28 bits per heavy atom. The summed E-state index contributed by atoms with van der Waals surface area (Å²) in [6, 6.07) is 16.2. The van der Waals surface area contributed by atoms with Crippen LogP contribution in [0, 0.1) is 12.8 Å². The van der Waals surface area contributed by atoms with Crippen LogP contribution in [0.15, 0.2) is 48.5 Å². The zero-order valence-corrected chi connectivity index (χ0v) is 19.8. The number of carbonyl (C=O) groups excluding carboxylic acids is 2. The number of anilines is 2. The first-order valence-corrected chi connectivity index (χ1v) is 12.0. The fourth-order valence-corrected chi connectivity index (χ4v) is 4.27. The standard InChI is InChI=1S/C27H37N3O2/c1-4-6-10-22(5-2)27(32)28-24-12-14-25(15-13-24)29-16-18-30(19-17-29)26(31)20-23-11-8-7-9-21(23)3/h7-9,11-15,22H,4-6,10,16-20H2,1-3H3,(H,28,32). The summed E-state index contributed by atoms with van der Waals surface area (Å²) in [5, 5.41) is 3.07. The van der Waals surface area contributed by atoms with Crippen LogP contribution in [0.3, 0.4) is 0 Å². The molecule has 2 aromatic rings. The highest BCUT2D eigenvalue weighted by atomic mass is 16.2. The fourth-order valence-electron chi connectivity index (χ4n) is 4.27. The predicted octanol–water partition coefficient (Wildman–Crippen LogP) is 5.04. The molecule has 0 aliphatic carbocycles. The maximum Gasteiger partial charge on any atom is 0.227 e. The van der Waals surface area contributed by atoms with Crippen LogP contribution in [0.4, 0.5) is 11.4 Å². The van der Waals surface area contributed by atoms with Crippen molar-refractivity contribution in [2.24, 2.45) is 5.92 Å². The molecule has 172 valence electrons. The Morgan fingerprint density at radius 1 is 0.969 bits per heavy atom. The third-order valence-corrected chi connectivity index (χ3v) is 6.51. The average Bonchev–Trinajstić information content (AvgIpc) is 2.81. The number of carbonyl (C=O) groups is 2. The van der Waals surface area contributed by atoms with Crippen LogP contribution in [0.5, 0.6) is 0 Å². The minimum Gasteiger partial charge on any atom is -0.368 e. The first-order chi connectivity index (χ1) is 15.5. The first-order valence-electron chi connectivity index (χ1n) is 12.0. The van der Waals surface area contributed by atoms with Gasteiger partial charge in [-0.3, -0.25) is 9.59 Å². The van der Waals surface area contributed by atoms with Gasteiger partial charge < -0.3 is 15.1 Å². The van der Waals surface area contributed by atoms with Crippen LogP contribution >= 0.6 is 0 Å². The van der Waals surface area contributed by atoms with Crippen LogP contribution in [0.1, 0.15) is 50.7 Å². The number of nitrogens with one attached hydrogen (secondary N) is 1. The summed E-state index contributed by atoms with van der Waals surface area (Å²) in [6.45, 7) is 9.40. The molecule has 32 heavy (non-hydrogen) atoms. The quantitative estimate of drug-likeness (QED) is 0.600. The molecule has 1 heterocycles. The highest BCUT2D eigenvalue weighted by Crippen LogP contribution is 2.22. The molecule has 0 aromatic heterocycles. The van der Waals surface area contributed by atoms with Crippen LogP contribution in [-0.4, -0.2) is 42.9 Å². The first kappa shape index (κ1) is 23.8. The number of hydrogen-bond donors (Lipinski definition) is 1. The molecular weight excluding hydrogens is 398 g/mol. The van der Waals surface area contributed by atoms with Gasteiger partial charge in [-0.15, -0.1) is 0 Å². The van der Waals surface area contributed by atoms with Crippen molar-refractivity contribution in [3.05, 3.63) is 59.7 Å². The van der Waals surface area contributed by atoms with Crippen molar-refractivity contribution in [2.75, 3.05) is 36.4 Å². The number of benzene rings is 2. The lowest BCUT2D eigenvalue weighted by molar-refractivity contribution is -0.130. The highest BCUT2D eigenvalue weighted by molar-refractivity contribution is 5.92. The van der Waals surface area contributed by atoms with Crippen molar-refractivity contribution in [3.8, 4) is 0 Å². The van der Waals surface area contributed by atoms with Gasteiger partial charge in [0.05, 0.1) is 6.42 Å². The molecule has 1 saturated heterocycles. The molecule has 2 aromatic carbocycles. The van der Waals surface area contributed by atoms with E-state index in [2.05, 4.69) is 49.2 Å². The summed E-state index contributed by atoms with van der Waals surface area (Å²) in [7, 11) is 0. The molecule has 1 aliphatic rings. The van der Waals surface area contributed by atoms with Crippen LogP contribution in [-0.2, 0) is 16.0 Å². The number of aryl methyl sites for hydroxylation is 1. The van der Waals surface area contributed by atoms with E-state index >= 15 is 0 Å². The molecule has 1 fully saturated rings. The topological polar surface area (TPSA) is 52.7 Å². The zero-order chi connectivity index (χ0) is 22.9. The maximum atomic E-state index is 12.7. The molecule has 0 radical (unpaired) electrons. The van der Waals surface area contributed by atoms with Crippen LogP contribution in [0.2, 0.25) is 0 Å². The number of piperazine rings is 1. The molecular formula is C27H37N3O2. The van der Waals surface area contributed by atoms with E-state index in [0.29, 0.717) is 6.42 Å². The second-order valence-corrected chi connectivity index (χ2v) is 8.75. The Balaban J connectivity index is 1.50. The molecule has 0 spiro atoms. The third kappa shape index (κ3) is 6.35. The van der Waals surface area contributed by atoms with Gasteiger partial charge in [-0.1, -0.05) is 51.0 Å². The summed E-state index contributed by atoms with van der Waals surface area (Å²) in [5.74, 6) is 0.403. The van der Waals surface area contributed by atoms with E-state index < -0.39 is 0 Å². The van der Waals surface area contributed by atoms with Crippen molar-refractivity contribution in [2.45, 2.75) is 52.9 Å². The Labute approximate surface area is 192 Å². The summed E-state index contributed by atoms with van der Waals surface area (Å²) in [6.07, 6.45) is 4.49. The zero-order valence-electron chi connectivity index (χ0n) is 19.8. The Hall–Kier alpha value is -2.82. The number of hydrogen-bond acceptors (Lipinski definition) is 3. The molecule has 0 saturated carbocycles. The van der Waals surface area contributed by atoms with Crippen molar-refractivity contribution < 1.29 is 9.59 Å². The Morgan fingerprint density at radius 2 is 1.66 bits per heavy atom. The highest BCUT2D eigenvalue weighted by Gasteiger charge is 2.22. The van der Waals surface area contributed by atoms with Gasteiger partial charge in [-0.2, -0.15) is 0 Å². The van der Waals surface area contributed by atoms with E-state index in [-0.39, 0.29) is 17.7 Å². The van der Waals surface area contributed by atoms with Gasteiger partial charge in [0, 0.05) is 43.5 Å². The number of nitrogens with zero attached hydrogens (tertiary/aromatic N) is 2. The van der Waals surface area contributed by atoms with Gasteiger partial charge in [0.1, 0.15) is 0 Å². The SMILES string of the molecule is CCCCC(CC)C(=O)Nc1ccc(N2CCN(C(=O)Cc3ccccc3C)CC2)cc1. The second-order valence-electron chi connectivity index (χ2n) is 8.75. The number of rotatable bonds is 9. The number of unbranched alkanes of at least 4 members (excludes halogenated alkanes) is 1. The van der Waals surface area contributed by atoms with Gasteiger partial charge in [0.25, 0.3) is 0 Å². The molecule has 1 unspecified atom stereocenters. The van der Waals surface area contributed by atoms with Crippen molar-refractivity contribution >= 4 is 23.2 Å². The largest absolute Gasteiger partial charge is 0.368 e. The van der Waals surface area contributed by atoms with Gasteiger partial charge in [0.15, 0.2) is 0 Å². The molecule has 1 N–H and O–H groups in total. The van der Waals surface area contributed by atoms with Crippen molar-refractivity contribution in [1.82, 2.24) is 4.90 Å². The van der Waals surface area contributed by atoms with E-state index in [1.54, 1.807) is 0 Å². The molecule has 3 rings (SSSR count). The van der Waals surface area contributed by atoms with Crippen molar-refractivity contribution in [1.29, 1.82) is 0 Å². The maximum absolute atomic E-state index is 12.7. The summed E-state index contributed by atoms with van der Waals surface area (Å²) < 4.78 is 0. The smallest absolute Gasteiger partial charge is 0.227 e. The Bertz CT molecular complexity index is 886. The van der Waals surface area contributed by atoms with E-state index in [1.807, 2.05) is 35.2 Å². The lowest BCUT2D eigenvalue weighted by Gasteiger charge is -2.36. The molecule has 5 heteroatoms. The average molecular weight is 436 g/mol. The number of amides is 2. The normalized spacial score (nSPS) is 14.8. The van der Waals surface area contributed by atoms with Gasteiger partial charge in [0.2, 0.25) is 11.8 Å². The molecule has 0 bridgehead atoms. The lowest BCUT2D eigenvalue weighted by atomic mass is 9.98. The summed E-state index contributed by atoms with van der Waals surface area (Å²) in [4.78, 5) is 29.5. The fraction of sp³-hybridized carbons (Fsp3) is 0.481. The van der Waals surface area contributed by atoms with E-state index in [9.17, 15) is 9.59 Å². The summed E-state index contributed by atoms with van der Waals surface area (Å²) >= 11 is 0. The molecule has 5 nitrogen and oxygen atoms in total. The van der Waals surface area contributed by atoms with Gasteiger partial charge in [-0.25, -0.2) is 0 Å². The monoisotopic (exact) mass is 435 g/mol.